The molecule has 0 unspecified atom stereocenters. The summed E-state index contributed by atoms with van der Waals surface area (Å²) in [7, 11) is 0. The van der Waals surface area contributed by atoms with Crippen LogP contribution in [0.25, 0.3) is 0 Å². The summed E-state index contributed by atoms with van der Waals surface area (Å²) < 4.78 is 33.1. The van der Waals surface area contributed by atoms with Crippen LogP contribution < -0.4 is 0 Å². The Hall–Kier alpha value is -2.19. The number of benzene rings is 2. The number of hydrogen-bond acceptors (Lipinski definition) is 6. The number of phenols is 2. The van der Waals surface area contributed by atoms with Gasteiger partial charge >= 0.3 is 136 Å². The van der Waals surface area contributed by atoms with Crippen molar-refractivity contribution in [3.8, 4) is 11.5 Å². The fraction of sp³-hybridized carbons (Fsp3) is 0.143. The SMILES string of the molecule is Oc1ccccc1CN=[N][Ti]([F])([F])[N]=NCc1ccccc1O. The van der Waals surface area contributed by atoms with Crippen molar-refractivity contribution in [3.63, 3.8) is 0 Å². The second kappa shape index (κ2) is 7.89. The molecule has 9 heteroatoms. The monoisotopic (exact) mass is 356 g/mol. The van der Waals surface area contributed by atoms with E-state index in [9.17, 15) is 16.4 Å². The molecule has 0 aliphatic heterocycles. The topological polar surface area (TPSA) is 89.9 Å². The number of rotatable bonds is 6. The third-order valence-electron chi connectivity index (χ3n) is 2.85. The summed E-state index contributed by atoms with van der Waals surface area (Å²) in [5, 5.41) is 25.8. The fourth-order valence-electron chi connectivity index (χ4n) is 1.70. The minimum absolute atomic E-state index is 0.0246. The molecule has 2 N–H and O–H groups in total. The van der Waals surface area contributed by atoms with Gasteiger partial charge in [0, 0.05) is 0 Å². The van der Waals surface area contributed by atoms with Crippen LogP contribution >= 0.6 is 0 Å². The van der Waals surface area contributed by atoms with Gasteiger partial charge in [-0.2, -0.15) is 0 Å². The van der Waals surface area contributed by atoms with Crippen LogP contribution in [0.4, 0.5) is 6.18 Å². The van der Waals surface area contributed by atoms with Gasteiger partial charge in [0.05, 0.1) is 0 Å². The van der Waals surface area contributed by atoms with Crippen molar-refractivity contribution in [2.75, 3.05) is 0 Å². The average molecular weight is 356 g/mol. The molecule has 0 saturated carbocycles. The molecular formula is C14H14F2N4O2Ti. The zero-order valence-electron chi connectivity index (χ0n) is 12.0. The molecule has 2 rings (SSSR count). The quantitative estimate of drug-likeness (QED) is 0.591. The van der Waals surface area contributed by atoms with E-state index in [-0.39, 0.29) is 24.6 Å². The van der Waals surface area contributed by atoms with Crippen molar-refractivity contribution in [1.82, 2.24) is 0 Å². The van der Waals surface area contributed by atoms with Gasteiger partial charge in [0.2, 0.25) is 0 Å². The first-order valence-electron chi connectivity index (χ1n) is 6.67. The van der Waals surface area contributed by atoms with Crippen molar-refractivity contribution in [2.45, 2.75) is 13.1 Å². The average Bonchev–Trinajstić information content (AvgIpc) is 2.51. The Labute approximate surface area is 136 Å². The molecule has 0 bridgehead atoms. The molecule has 0 fully saturated rings. The van der Waals surface area contributed by atoms with Gasteiger partial charge in [0.25, 0.3) is 0 Å². The molecule has 0 aromatic heterocycles. The normalized spacial score (nSPS) is 12.3. The van der Waals surface area contributed by atoms with Crippen LogP contribution in [0.15, 0.2) is 66.0 Å². The van der Waals surface area contributed by atoms with Crippen LogP contribution in [0, 0.1) is 0 Å². The van der Waals surface area contributed by atoms with Gasteiger partial charge in [-0.15, -0.1) is 0 Å². The molecule has 2 aromatic carbocycles. The Kier molecular flexibility index (Phi) is 5.89. The fourth-order valence-corrected chi connectivity index (χ4v) is 2.52. The van der Waals surface area contributed by atoms with E-state index in [0.29, 0.717) is 11.1 Å². The summed E-state index contributed by atoms with van der Waals surface area (Å²) >= 11 is -5.82. The second-order valence-corrected chi connectivity index (χ2v) is 6.78. The molecule has 0 amide bonds. The Balaban J connectivity index is 1.93. The van der Waals surface area contributed by atoms with Crippen LogP contribution in [0.2, 0.25) is 0 Å². The van der Waals surface area contributed by atoms with E-state index in [4.69, 9.17) is 0 Å². The molecule has 0 aliphatic rings. The van der Waals surface area contributed by atoms with E-state index in [1.165, 1.54) is 12.1 Å². The summed E-state index contributed by atoms with van der Waals surface area (Å²) in [6, 6.07) is 12.6. The summed E-state index contributed by atoms with van der Waals surface area (Å²) in [5.74, 6) is -0.0492. The number of aromatic hydroxyl groups is 2. The van der Waals surface area contributed by atoms with Gasteiger partial charge in [0.15, 0.2) is 0 Å². The maximum atomic E-state index is 13.6. The summed E-state index contributed by atoms with van der Waals surface area (Å²) in [5.41, 5.74) is 0.807. The van der Waals surface area contributed by atoms with Crippen molar-refractivity contribution >= 4 is 0 Å². The number of para-hydroxylation sites is 2. The molecule has 23 heavy (non-hydrogen) atoms. The predicted octanol–water partition coefficient (Wildman–Crippen LogP) is 4.46. The Bertz CT molecular complexity index is 666. The summed E-state index contributed by atoms with van der Waals surface area (Å²) in [4.78, 5) is 0. The van der Waals surface area contributed by atoms with Gasteiger partial charge in [-0.25, -0.2) is 0 Å². The van der Waals surface area contributed by atoms with Crippen molar-refractivity contribution in [2.24, 2.45) is 17.4 Å². The van der Waals surface area contributed by atoms with E-state index in [2.05, 4.69) is 17.4 Å². The van der Waals surface area contributed by atoms with E-state index in [1.807, 2.05) is 0 Å². The van der Waals surface area contributed by atoms with E-state index in [1.54, 1.807) is 36.4 Å². The molecule has 0 spiro atoms. The Morgan fingerprint density at radius 3 is 1.52 bits per heavy atom. The first kappa shape index (κ1) is 17.2. The Morgan fingerprint density at radius 1 is 0.739 bits per heavy atom. The van der Waals surface area contributed by atoms with Crippen molar-refractivity contribution < 1.29 is 34.6 Å². The van der Waals surface area contributed by atoms with Gasteiger partial charge < -0.3 is 0 Å². The summed E-state index contributed by atoms with van der Waals surface area (Å²) in [6.45, 7) is -0.301. The molecule has 0 saturated heterocycles. The summed E-state index contributed by atoms with van der Waals surface area (Å²) in [6.07, 6.45) is 0. The first-order valence-corrected chi connectivity index (χ1v) is 9.24. The molecule has 0 radical (unpaired) electrons. The van der Waals surface area contributed by atoms with E-state index >= 15 is 0 Å². The van der Waals surface area contributed by atoms with Gasteiger partial charge in [-0.1, -0.05) is 0 Å². The van der Waals surface area contributed by atoms with Gasteiger partial charge in [-0.3, -0.25) is 0 Å². The molecule has 2 aromatic rings. The molecule has 120 valence electrons. The number of nitrogens with zero attached hydrogens (tertiary/aromatic N) is 4. The zero-order chi connectivity index (χ0) is 16.7. The van der Waals surface area contributed by atoms with Crippen molar-refractivity contribution in [3.05, 3.63) is 59.7 Å². The molecule has 0 heterocycles. The van der Waals surface area contributed by atoms with Crippen LogP contribution in [0.3, 0.4) is 0 Å². The van der Waals surface area contributed by atoms with Gasteiger partial charge in [-0.05, 0) is 0 Å². The Morgan fingerprint density at radius 2 is 1.13 bits per heavy atom. The molecule has 0 aliphatic carbocycles. The number of halogens is 2. The molecular weight excluding hydrogens is 342 g/mol. The second-order valence-electron chi connectivity index (χ2n) is 4.57. The van der Waals surface area contributed by atoms with E-state index in [0.717, 1.165) is 0 Å². The number of hydrogen-bond donors (Lipinski definition) is 2. The van der Waals surface area contributed by atoms with Crippen LogP contribution in [0.5, 0.6) is 11.5 Å². The molecule has 0 atom stereocenters. The minimum atomic E-state index is -5.82. The van der Waals surface area contributed by atoms with Crippen LogP contribution in [-0.4, -0.2) is 10.2 Å². The third kappa shape index (κ3) is 5.50. The van der Waals surface area contributed by atoms with Crippen molar-refractivity contribution in [1.29, 1.82) is 0 Å². The predicted molar refractivity (Wildman–Crippen MR) is 75.5 cm³/mol. The van der Waals surface area contributed by atoms with Crippen LogP contribution in [-0.2, 0) is 31.3 Å². The third-order valence-corrected chi connectivity index (χ3v) is 4.04. The standard InChI is InChI=1S/2C7H7N2O.2FH.Ti/c2*8-9-5-6-3-1-2-4-7(6)10;;;/h2*1-4,10H,5H2;2*1H;/q2*-1;;;+4/p-2. The van der Waals surface area contributed by atoms with Crippen LogP contribution in [0.1, 0.15) is 11.1 Å². The van der Waals surface area contributed by atoms with Gasteiger partial charge in [0.1, 0.15) is 0 Å². The number of phenolic OH excluding ortho intramolecular Hbond substituents is 2. The maximum absolute atomic E-state index is 13.6. The molecule has 6 nitrogen and oxygen atoms in total. The first-order chi connectivity index (χ1) is 11.0. The zero-order valence-corrected chi connectivity index (χ0v) is 13.5. The van der Waals surface area contributed by atoms with E-state index < -0.39 is 18.2 Å².